The average molecular weight is 338 g/mol. The quantitative estimate of drug-likeness (QED) is 0.574. The fourth-order valence-electron chi connectivity index (χ4n) is 2.51. The van der Waals surface area contributed by atoms with Crippen molar-refractivity contribution in [2.75, 3.05) is 60.4 Å². The van der Waals surface area contributed by atoms with E-state index in [0.717, 1.165) is 0 Å². The van der Waals surface area contributed by atoms with Crippen molar-refractivity contribution in [3.63, 3.8) is 0 Å². The first-order chi connectivity index (χ1) is 7.05. The summed E-state index contributed by atoms with van der Waals surface area (Å²) in [6.07, 6.45) is 0. The summed E-state index contributed by atoms with van der Waals surface area (Å²) in [4.78, 5) is 2.58. The molecular weight excluding hydrogens is 317 g/mol. The molecule has 0 unspecified atom stereocenters. The molecule has 0 N–H and O–H groups in total. The number of rotatable bonds is 0. The van der Waals surface area contributed by atoms with Gasteiger partial charge in [0.05, 0.1) is 0 Å². The maximum absolute atomic E-state index is 4.11. The van der Waals surface area contributed by atoms with Crippen LogP contribution in [0.2, 0.25) is 0 Å². The van der Waals surface area contributed by atoms with E-state index in [9.17, 15) is 0 Å². The minimum absolute atomic E-state index is 1.19. The Morgan fingerprint density at radius 2 is 1.07 bits per heavy atom. The van der Waals surface area contributed by atoms with Gasteiger partial charge in [-0.25, -0.2) is 0 Å². The van der Waals surface area contributed by atoms with Gasteiger partial charge < -0.3 is 0 Å². The van der Waals surface area contributed by atoms with Gasteiger partial charge in [0.25, 0.3) is 0 Å². The molecule has 0 spiro atoms. The third-order valence-corrected chi connectivity index (χ3v) is 20.7. The van der Waals surface area contributed by atoms with Crippen molar-refractivity contribution in [1.29, 1.82) is 0 Å². The summed E-state index contributed by atoms with van der Waals surface area (Å²) in [6, 6.07) is 0. The number of hydrogen-bond donors (Lipinski definition) is 0. The van der Waals surface area contributed by atoms with E-state index < -0.39 is 12.1 Å². The second kappa shape index (κ2) is 4.62. The molecule has 4 nitrogen and oxygen atoms in total. The zero-order chi connectivity index (χ0) is 11.1. The first kappa shape index (κ1) is 12.3. The van der Waals surface area contributed by atoms with Gasteiger partial charge in [-0.15, -0.1) is 0 Å². The van der Waals surface area contributed by atoms with Crippen LogP contribution in [0, 0.1) is 0 Å². The predicted octanol–water partition coefficient (Wildman–Crippen LogP) is -0.0585. The number of hydrogen-bond acceptors (Lipinski definition) is 4. The van der Waals surface area contributed by atoms with Crippen molar-refractivity contribution < 1.29 is 0 Å². The van der Waals surface area contributed by atoms with Crippen LogP contribution >= 0.6 is 14.0 Å². The van der Waals surface area contributed by atoms with Gasteiger partial charge >= 0.3 is 103 Å². The molecule has 0 aromatic heterocycles. The Bertz CT molecular complexity index is 204. The monoisotopic (exact) mass is 338 g/mol. The molecule has 6 heteroatoms. The summed E-state index contributed by atoms with van der Waals surface area (Å²) in [5, 5.41) is 0. The molecule has 2 bridgehead atoms. The topological polar surface area (TPSA) is 13.0 Å². The Morgan fingerprint density at radius 1 is 0.733 bits per heavy atom. The minimum atomic E-state index is -2.27. The van der Waals surface area contributed by atoms with E-state index in [1.54, 1.807) is 0 Å². The van der Waals surface area contributed by atoms with Gasteiger partial charge in [-0.1, -0.05) is 0 Å². The van der Waals surface area contributed by atoms with E-state index in [2.05, 4.69) is 51.6 Å². The summed E-state index contributed by atoms with van der Waals surface area (Å²) in [5.74, 6) is 0. The molecule has 0 aliphatic carbocycles. The number of fused-ring (bicyclic) bond motifs is 6. The molecule has 3 heterocycles. The second-order valence-electron chi connectivity index (χ2n) is 4.66. The Kier molecular flexibility index (Phi) is 3.80. The van der Waals surface area contributed by atoms with E-state index >= 15 is 0 Å². The summed E-state index contributed by atoms with van der Waals surface area (Å²) in [7, 11) is 6.82. The van der Waals surface area contributed by atoms with Crippen LogP contribution in [0.5, 0.6) is 0 Å². The summed E-state index contributed by atoms with van der Waals surface area (Å²) in [6.45, 7) is 7.28. The first-order valence-electron chi connectivity index (χ1n) is 5.60. The zero-order valence-corrected chi connectivity index (χ0v) is 13.6. The molecule has 88 valence electrons. The molecule has 15 heavy (non-hydrogen) atoms. The Morgan fingerprint density at radius 3 is 1.40 bits per heavy atom. The molecule has 3 aliphatic heterocycles. The summed E-state index contributed by atoms with van der Waals surface area (Å²) >= 11 is 1.84. The van der Waals surface area contributed by atoms with E-state index in [1.807, 2.05) is 0 Å². The molecular formula is C9H21BrGeN4. The van der Waals surface area contributed by atoms with Gasteiger partial charge in [-0.2, -0.15) is 0 Å². The van der Waals surface area contributed by atoms with Crippen molar-refractivity contribution in [1.82, 2.24) is 16.5 Å². The molecule has 0 saturated carbocycles. The normalized spacial score (nSPS) is 41.2. The van der Waals surface area contributed by atoms with Crippen LogP contribution in [0.15, 0.2) is 0 Å². The average Bonchev–Trinajstić information content (AvgIpc) is 2.22. The van der Waals surface area contributed by atoms with E-state index in [4.69, 9.17) is 0 Å². The Hall–Kier alpha value is 0.863. The first-order valence-corrected chi connectivity index (χ1v) is 13.3. The van der Waals surface area contributed by atoms with Crippen molar-refractivity contribution in [2.24, 2.45) is 0 Å². The van der Waals surface area contributed by atoms with Gasteiger partial charge in [-0.05, 0) is 0 Å². The molecule has 0 aromatic rings. The molecule has 0 aromatic carbocycles. The van der Waals surface area contributed by atoms with E-state index in [-0.39, 0.29) is 0 Å². The van der Waals surface area contributed by atoms with Crippen LogP contribution < -0.4 is 0 Å². The fourth-order valence-corrected chi connectivity index (χ4v) is 11.4. The van der Waals surface area contributed by atoms with E-state index in [1.165, 1.54) is 39.3 Å². The predicted molar refractivity (Wildman–Crippen MR) is 69.0 cm³/mol. The van der Waals surface area contributed by atoms with Crippen LogP contribution in [0.4, 0.5) is 0 Å². The van der Waals surface area contributed by atoms with Crippen LogP contribution in [0.3, 0.4) is 0 Å². The van der Waals surface area contributed by atoms with Crippen LogP contribution in [0.1, 0.15) is 0 Å². The molecule has 3 rings (SSSR count). The van der Waals surface area contributed by atoms with Crippen molar-refractivity contribution >= 4 is 26.1 Å². The van der Waals surface area contributed by atoms with Gasteiger partial charge in [0.1, 0.15) is 0 Å². The zero-order valence-electron chi connectivity index (χ0n) is 9.91. The molecule has 3 aliphatic rings. The standard InChI is InChI=1S/C9H21BrGeN4/c1-12-4-7-15-8-5-13(2)11(12,10)14(3)6-9-15/h4-9H2,1-3H3. The number of nitrogens with zero attached hydrogens (tertiary/aromatic N) is 4. The van der Waals surface area contributed by atoms with Gasteiger partial charge in [0.15, 0.2) is 0 Å². The van der Waals surface area contributed by atoms with Crippen LogP contribution in [-0.4, -0.2) is 89.0 Å². The molecule has 3 fully saturated rings. The summed E-state index contributed by atoms with van der Waals surface area (Å²) < 4.78 is 7.72. The van der Waals surface area contributed by atoms with Crippen LogP contribution in [0.25, 0.3) is 0 Å². The molecule has 0 atom stereocenters. The number of likely N-dealkylation sites (N-methyl/N-ethyl adjacent to an activating group) is 3. The van der Waals surface area contributed by atoms with Gasteiger partial charge in [-0.3, -0.25) is 0 Å². The second-order valence-corrected chi connectivity index (χ2v) is 17.3. The third kappa shape index (κ3) is 2.14. The third-order valence-electron chi connectivity index (χ3n) is 3.71. The molecule has 0 radical (unpaired) electrons. The van der Waals surface area contributed by atoms with Crippen molar-refractivity contribution in [2.45, 2.75) is 0 Å². The Balaban J connectivity index is 2.29. The SMILES string of the molecule is C[N]1CCN2CC[N](C)[Ge]1([Br])[N](C)CC2. The summed E-state index contributed by atoms with van der Waals surface area (Å²) in [5.41, 5.74) is 0. The van der Waals surface area contributed by atoms with Gasteiger partial charge in [0, 0.05) is 0 Å². The molecule has 3 saturated heterocycles. The van der Waals surface area contributed by atoms with Crippen molar-refractivity contribution in [3.05, 3.63) is 0 Å². The fraction of sp³-hybridized carbons (Fsp3) is 1.00. The maximum atomic E-state index is 4.11. The van der Waals surface area contributed by atoms with Gasteiger partial charge in [0.2, 0.25) is 0 Å². The van der Waals surface area contributed by atoms with E-state index in [0.29, 0.717) is 0 Å². The molecule has 0 amide bonds. The van der Waals surface area contributed by atoms with Crippen molar-refractivity contribution in [3.8, 4) is 0 Å². The Labute approximate surface area is 103 Å². The van der Waals surface area contributed by atoms with Crippen LogP contribution in [-0.2, 0) is 0 Å². The number of halogens is 1.